The van der Waals surface area contributed by atoms with E-state index in [0.29, 0.717) is 62.0 Å². The zero-order valence-corrected chi connectivity index (χ0v) is 22.9. The molecule has 0 saturated carbocycles. The predicted molar refractivity (Wildman–Crippen MR) is 148 cm³/mol. The van der Waals surface area contributed by atoms with Crippen LogP contribution < -0.4 is 24.8 Å². The molecule has 202 valence electrons. The Bertz CT molecular complexity index is 1270. The van der Waals surface area contributed by atoms with E-state index in [-0.39, 0.29) is 12.0 Å². The number of anilines is 2. The molecule has 0 fully saturated rings. The summed E-state index contributed by atoms with van der Waals surface area (Å²) in [6, 6.07) is 13.1. The van der Waals surface area contributed by atoms with E-state index >= 15 is 0 Å². The highest BCUT2D eigenvalue weighted by molar-refractivity contribution is 7.16. The Morgan fingerprint density at radius 3 is 2.45 bits per heavy atom. The summed E-state index contributed by atoms with van der Waals surface area (Å²) >= 11 is 1.49. The van der Waals surface area contributed by atoms with Crippen molar-refractivity contribution in [2.45, 2.75) is 33.4 Å². The number of thiophene rings is 1. The van der Waals surface area contributed by atoms with Crippen molar-refractivity contribution in [3.05, 3.63) is 64.0 Å². The molecule has 0 atom stereocenters. The summed E-state index contributed by atoms with van der Waals surface area (Å²) in [5.41, 5.74) is 3.11. The van der Waals surface area contributed by atoms with Crippen LogP contribution in [0.15, 0.2) is 42.5 Å². The number of nitrogens with zero attached hydrogens (tertiary/aromatic N) is 1. The minimum Gasteiger partial charge on any atom is -0.497 e. The fourth-order valence-electron chi connectivity index (χ4n) is 4.28. The summed E-state index contributed by atoms with van der Waals surface area (Å²) in [7, 11) is 3.12. The van der Waals surface area contributed by atoms with Crippen LogP contribution in [0.25, 0.3) is 0 Å². The average Bonchev–Trinajstić information content (AvgIpc) is 3.31. The van der Waals surface area contributed by atoms with Crippen molar-refractivity contribution in [1.29, 1.82) is 0 Å². The van der Waals surface area contributed by atoms with Crippen molar-refractivity contribution in [1.82, 2.24) is 4.90 Å². The van der Waals surface area contributed by atoms with Crippen LogP contribution in [0, 0.1) is 0 Å². The summed E-state index contributed by atoms with van der Waals surface area (Å²) in [6.07, 6.45) is 0.210. The molecule has 2 amide bonds. The van der Waals surface area contributed by atoms with Crippen molar-refractivity contribution in [3.63, 3.8) is 0 Å². The Hall–Kier alpha value is -3.92. The Kier molecular flexibility index (Phi) is 8.96. The average molecular weight is 540 g/mol. The van der Waals surface area contributed by atoms with Gasteiger partial charge in [-0.25, -0.2) is 4.79 Å². The van der Waals surface area contributed by atoms with Crippen LogP contribution in [0.1, 0.15) is 40.2 Å². The van der Waals surface area contributed by atoms with E-state index < -0.39 is 0 Å². The van der Waals surface area contributed by atoms with Crippen LogP contribution in [0.5, 0.6) is 17.2 Å². The number of hydrogen-bond donors (Lipinski definition) is 2. The van der Waals surface area contributed by atoms with Gasteiger partial charge in [0.15, 0.2) is 0 Å². The van der Waals surface area contributed by atoms with Crippen LogP contribution in [0.4, 0.5) is 15.5 Å². The summed E-state index contributed by atoms with van der Waals surface area (Å²) in [5.74, 6) is 1.70. The van der Waals surface area contributed by atoms with E-state index in [2.05, 4.69) is 10.6 Å². The van der Waals surface area contributed by atoms with Gasteiger partial charge in [0.25, 0.3) is 5.91 Å². The van der Waals surface area contributed by atoms with Gasteiger partial charge in [-0.3, -0.25) is 4.79 Å². The highest BCUT2D eigenvalue weighted by Crippen LogP contribution is 2.39. The van der Waals surface area contributed by atoms with E-state index in [1.807, 2.05) is 31.2 Å². The summed E-state index contributed by atoms with van der Waals surface area (Å²) < 4.78 is 21.5. The van der Waals surface area contributed by atoms with Gasteiger partial charge in [0, 0.05) is 24.0 Å². The Morgan fingerprint density at radius 2 is 1.76 bits per heavy atom. The quantitative estimate of drug-likeness (QED) is 0.349. The second-order valence-corrected chi connectivity index (χ2v) is 9.63. The molecule has 38 heavy (non-hydrogen) atoms. The van der Waals surface area contributed by atoms with Crippen LogP contribution >= 0.6 is 11.3 Å². The van der Waals surface area contributed by atoms with Crippen molar-refractivity contribution in [3.8, 4) is 17.2 Å². The third kappa shape index (κ3) is 6.13. The summed E-state index contributed by atoms with van der Waals surface area (Å²) in [4.78, 5) is 28.7. The first kappa shape index (κ1) is 27.1. The largest absolute Gasteiger partial charge is 0.497 e. The molecule has 2 aromatic carbocycles. The van der Waals surface area contributed by atoms with E-state index in [1.165, 1.54) is 11.3 Å². The molecule has 0 saturated heterocycles. The lowest BCUT2D eigenvalue weighted by atomic mass is 10.0. The minimum atomic E-state index is -0.343. The number of ether oxygens (including phenoxy) is 4. The first-order chi connectivity index (χ1) is 18.5. The van der Waals surface area contributed by atoms with Crippen LogP contribution in [-0.2, 0) is 24.2 Å². The molecule has 0 bridgehead atoms. The van der Waals surface area contributed by atoms with Crippen LogP contribution in [0.2, 0.25) is 0 Å². The number of amides is 2. The molecule has 0 unspecified atom stereocenters. The number of nitrogens with one attached hydrogen (secondary N) is 2. The monoisotopic (exact) mass is 539 g/mol. The van der Waals surface area contributed by atoms with Gasteiger partial charge >= 0.3 is 6.09 Å². The zero-order chi connectivity index (χ0) is 27.1. The van der Waals surface area contributed by atoms with Crippen molar-refractivity contribution in [2.75, 3.05) is 44.6 Å². The zero-order valence-electron chi connectivity index (χ0n) is 22.1. The van der Waals surface area contributed by atoms with Gasteiger partial charge in [0.2, 0.25) is 0 Å². The van der Waals surface area contributed by atoms with E-state index in [0.717, 1.165) is 26.8 Å². The second-order valence-electron chi connectivity index (χ2n) is 8.53. The third-order valence-corrected chi connectivity index (χ3v) is 7.33. The smallest absolute Gasteiger partial charge is 0.410 e. The van der Waals surface area contributed by atoms with Gasteiger partial charge in [0.05, 0.1) is 45.2 Å². The number of methoxy groups -OCH3 is 2. The molecular weight excluding hydrogens is 506 g/mol. The lowest BCUT2D eigenvalue weighted by Gasteiger charge is -2.26. The molecule has 0 spiro atoms. The molecule has 4 rings (SSSR count). The fraction of sp³-hybridized carbons (Fsp3) is 0.357. The number of fused-ring (bicyclic) bond motifs is 1. The second kappa shape index (κ2) is 12.6. The molecule has 3 aromatic rings. The first-order valence-electron chi connectivity index (χ1n) is 12.5. The maximum Gasteiger partial charge on any atom is 0.410 e. The van der Waals surface area contributed by atoms with Crippen LogP contribution in [-0.4, -0.2) is 50.9 Å². The first-order valence-corrected chi connectivity index (χ1v) is 13.3. The molecule has 1 aliphatic heterocycles. The standard InChI is InChI=1S/C28H33N3O6S/c1-5-36-19-9-7-18(8-10-19)16-29-27-25(21-13-14-31(17-24(21)38-27)28(33)37-6-2)26(32)30-22-12-11-20(34-3)15-23(22)35-4/h7-12,15,29H,5-6,13-14,16-17H2,1-4H3,(H,30,32). The lowest BCUT2D eigenvalue weighted by Crippen LogP contribution is -2.36. The van der Waals surface area contributed by atoms with Crippen LogP contribution in [0.3, 0.4) is 0 Å². The molecule has 2 N–H and O–H groups in total. The Labute approximate surface area is 226 Å². The predicted octanol–water partition coefficient (Wildman–Crippen LogP) is 5.54. The van der Waals surface area contributed by atoms with Crippen molar-refractivity contribution in [2.24, 2.45) is 0 Å². The topological polar surface area (TPSA) is 98.4 Å². The van der Waals surface area contributed by atoms with Gasteiger partial charge in [-0.15, -0.1) is 11.3 Å². The van der Waals surface area contributed by atoms with Crippen molar-refractivity contribution >= 4 is 34.0 Å². The maximum absolute atomic E-state index is 13.7. The third-order valence-electron chi connectivity index (χ3n) is 6.15. The number of hydrogen-bond acceptors (Lipinski definition) is 8. The molecule has 9 nitrogen and oxygen atoms in total. The molecule has 1 aliphatic rings. The number of rotatable bonds is 10. The summed E-state index contributed by atoms with van der Waals surface area (Å²) in [6.45, 7) is 6.07. The number of carbonyl (C=O) groups excluding carboxylic acids is 2. The van der Waals surface area contributed by atoms with E-state index in [9.17, 15) is 9.59 Å². The van der Waals surface area contributed by atoms with Gasteiger partial charge < -0.3 is 34.5 Å². The molecule has 10 heteroatoms. The van der Waals surface area contributed by atoms with Gasteiger partial charge in [0.1, 0.15) is 22.2 Å². The van der Waals surface area contributed by atoms with E-state index in [4.69, 9.17) is 18.9 Å². The minimum absolute atomic E-state index is 0.246. The van der Waals surface area contributed by atoms with Crippen molar-refractivity contribution < 1.29 is 28.5 Å². The molecule has 1 aromatic heterocycles. The lowest BCUT2D eigenvalue weighted by molar-refractivity contribution is 0.102. The maximum atomic E-state index is 13.7. The van der Waals surface area contributed by atoms with Gasteiger partial charge in [-0.05, 0) is 55.7 Å². The van der Waals surface area contributed by atoms with E-state index in [1.54, 1.807) is 44.2 Å². The molecule has 2 heterocycles. The highest BCUT2D eigenvalue weighted by Gasteiger charge is 2.30. The number of carbonyl (C=O) groups is 2. The molecular formula is C28H33N3O6S. The highest BCUT2D eigenvalue weighted by atomic mass is 32.1. The fourth-order valence-corrected chi connectivity index (χ4v) is 5.53. The molecule has 0 radical (unpaired) electrons. The SMILES string of the molecule is CCOC(=O)N1CCc2c(sc(NCc3ccc(OCC)cc3)c2C(=O)Nc2ccc(OC)cc2OC)C1. The van der Waals surface area contributed by atoms with Gasteiger partial charge in [-0.2, -0.15) is 0 Å². The van der Waals surface area contributed by atoms with Gasteiger partial charge in [-0.1, -0.05) is 12.1 Å². The normalized spacial score (nSPS) is 12.4. The summed E-state index contributed by atoms with van der Waals surface area (Å²) in [5, 5.41) is 7.21. The Morgan fingerprint density at radius 1 is 1.00 bits per heavy atom. The molecule has 0 aliphatic carbocycles. The Balaban J connectivity index is 1.61. The number of benzene rings is 2.